The molecule has 2 N–H and O–H groups in total. The van der Waals surface area contributed by atoms with Crippen LogP contribution >= 0.6 is 0 Å². The largest absolute Gasteiger partial charge is 0.394 e. The second-order valence-electron chi connectivity index (χ2n) is 2.80. The molecule has 0 fully saturated rings. The van der Waals surface area contributed by atoms with Crippen molar-refractivity contribution in [2.24, 2.45) is 0 Å². The van der Waals surface area contributed by atoms with Gasteiger partial charge >= 0.3 is 0 Å². The lowest BCUT2D eigenvalue weighted by Crippen LogP contribution is -2.31. The van der Waals surface area contributed by atoms with Crippen LogP contribution in [0.4, 0.5) is 0 Å². The highest BCUT2D eigenvalue weighted by Crippen LogP contribution is 1.94. The number of hydrogen-bond donors (Lipinski definition) is 2. The van der Waals surface area contributed by atoms with Crippen molar-refractivity contribution in [3.63, 3.8) is 0 Å². The number of aliphatic hydroxyl groups is 1. The molecule has 74 valence electrons. The minimum Gasteiger partial charge on any atom is -0.394 e. The van der Waals surface area contributed by atoms with Gasteiger partial charge in [-0.2, -0.15) is 0 Å². The third-order valence-electron chi connectivity index (χ3n) is 1.90. The Morgan fingerprint density at radius 1 is 1.25 bits per heavy atom. The lowest BCUT2D eigenvalue weighted by Gasteiger charge is -2.14. The van der Waals surface area contributed by atoms with Gasteiger partial charge in [0.15, 0.2) is 0 Å². The minimum absolute atomic E-state index is 0.116. The third kappa shape index (κ3) is 6.58. The topological polar surface area (TPSA) is 41.5 Å². The summed E-state index contributed by atoms with van der Waals surface area (Å²) in [5, 5.41) is 11.8. The fourth-order valence-electron chi connectivity index (χ4n) is 1.08. The molecule has 0 aliphatic rings. The van der Waals surface area contributed by atoms with E-state index in [9.17, 15) is 0 Å². The first-order valence-corrected chi connectivity index (χ1v) is 4.77. The maximum absolute atomic E-state index is 8.42. The first-order valence-electron chi connectivity index (χ1n) is 4.77. The Labute approximate surface area is 75.1 Å². The van der Waals surface area contributed by atoms with E-state index in [0.717, 1.165) is 19.4 Å². The summed E-state index contributed by atoms with van der Waals surface area (Å²) in [5.41, 5.74) is 0. The van der Waals surface area contributed by atoms with E-state index in [0.29, 0.717) is 19.3 Å². The molecule has 0 spiro atoms. The van der Waals surface area contributed by atoms with E-state index < -0.39 is 0 Å². The summed E-state index contributed by atoms with van der Waals surface area (Å²) < 4.78 is 5.11. The number of hydrogen-bond acceptors (Lipinski definition) is 3. The number of aliphatic hydroxyl groups excluding tert-OH is 1. The average molecular weight is 175 g/mol. The van der Waals surface area contributed by atoms with Crippen LogP contribution in [0, 0.1) is 0 Å². The second-order valence-corrected chi connectivity index (χ2v) is 2.80. The number of ether oxygens (including phenoxy) is 1. The predicted octanol–water partition coefficient (Wildman–Crippen LogP) is 0.774. The number of rotatable bonds is 8. The number of nitrogens with one attached hydrogen (secondary N) is 1. The Bertz CT molecular complexity index is 84.6. The molecule has 0 aliphatic carbocycles. The van der Waals surface area contributed by atoms with Crippen molar-refractivity contribution in [1.29, 1.82) is 0 Å². The van der Waals surface area contributed by atoms with Crippen molar-refractivity contribution >= 4 is 0 Å². The van der Waals surface area contributed by atoms with E-state index >= 15 is 0 Å². The van der Waals surface area contributed by atoms with Gasteiger partial charge in [0, 0.05) is 12.6 Å². The lowest BCUT2D eigenvalue weighted by atomic mass is 10.2. The van der Waals surface area contributed by atoms with Crippen molar-refractivity contribution < 1.29 is 9.84 Å². The molecule has 12 heavy (non-hydrogen) atoms. The van der Waals surface area contributed by atoms with E-state index in [1.54, 1.807) is 0 Å². The highest BCUT2D eigenvalue weighted by molar-refractivity contribution is 4.61. The molecule has 0 aromatic carbocycles. The first kappa shape index (κ1) is 11.9. The Morgan fingerprint density at radius 3 is 2.42 bits per heavy atom. The van der Waals surface area contributed by atoms with Gasteiger partial charge in [-0.15, -0.1) is 0 Å². The molecule has 3 heteroatoms. The van der Waals surface area contributed by atoms with Crippen LogP contribution in [0.15, 0.2) is 0 Å². The summed E-state index contributed by atoms with van der Waals surface area (Å²) in [5.74, 6) is 0. The predicted molar refractivity (Wildman–Crippen MR) is 50.3 cm³/mol. The standard InChI is InChI=1S/C9H21NO2/c1-3-9(4-2)10-5-7-12-8-6-11/h9-11H,3-8H2,1-2H3. The van der Waals surface area contributed by atoms with Gasteiger partial charge in [0.2, 0.25) is 0 Å². The quantitative estimate of drug-likeness (QED) is 0.535. The van der Waals surface area contributed by atoms with Crippen molar-refractivity contribution in [1.82, 2.24) is 5.32 Å². The van der Waals surface area contributed by atoms with Crippen LogP contribution in [-0.2, 0) is 4.74 Å². The molecule has 0 aromatic heterocycles. The van der Waals surface area contributed by atoms with Crippen LogP contribution in [0.3, 0.4) is 0 Å². The molecule has 0 radical (unpaired) electrons. The molecule has 0 amide bonds. The van der Waals surface area contributed by atoms with Gasteiger partial charge in [-0.05, 0) is 12.8 Å². The van der Waals surface area contributed by atoms with E-state index in [2.05, 4.69) is 19.2 Å². The summed E-state index contributed by atoms with van der Waals surface area (Å²) in [6.45, 7) is 6.49. The Morgan fingerprint density at radius 2 is 1.92 bits per heavy atom. The molecule has 0 unspecified atom stereocenters. The molecule has 0 bridgehead atoms. The third-order valence-corrected chi connectivity index (χ3v) is 1.90. The fraction of sp³-hybridized carbons (Fsp3) is 1.00. The average Bonchev–Trinajstić information content (AvgIpc) is 2.11. The van der Waals surface area contributed by atoms with Gasteiger partial charge in [0.25, 0.3) is 0 Å². The van der Waals surface area contributed by atoms with Gasteiger partial charge in [0.1, 0.15) is 0 Å². The molecule has 0 heterocycles. The SMILES string of the molecule is CCC(CC)NCCOCCO. The molecular formula is C9H21NO2. The van der Waals surface area contributed by atoms with Crippen molar-refractivity contribution in [3.8, 4) is 0 Å². The highest BCUT2D eigenvalue weighted by atomic mass is 16.5. The molecule has 0 aromatic rings. The smallest absolute Gasteiger partial charge is 0.0698 e. The van der Waals surface area contributed by atoms with E-state index in [1.165, 1.54) is 0 Å². The zero-order valence-electron chi connectivity index (χ0n) is 8.18. The molecule has 0 atom stereocenters. The Hall–Kier alpha value is -0.120. The molecule has 3 nitrogen and oxygen atoms in total. The monoisotopic (exact) mass is 175 g/mol. The van der Waals surface area contributed by atoms with Crippen LogP contribution in [0.25, 0.3) is 0 Å². The normalized spacial score (nSPS) is 11.0. The molecule has 0 saturated carbocycles. The molecule has 0 rings (SSSR count). The van der Waals surface area contributed by atoms with Gasteiger partial charge in [-0.25, -0.2) is 0 Å². The first-order chi connectivity index (χ1) is 5.85. The van der Waals surface area contributed by atoms with Crippen LogP contribution in [-0.4, -0.2) is 37.5 Å². The van der Waals surface area contributed by atoms with Crippen molar-refractivity contribution in [3.05, 3.63) is 0 Å². The summed E-state index contributed by atoms with van der Waals surface area (Å²) >= 11 is 0. The molecule has 0 aliphatic heterocycles. The second kappa shape index (κ2) is 8.97. The maximum Gasteiger partial charge on any atom is 0.0698 e. The van der Waals surface area contributed by atoms with E-state index in [1.807, 2.05) is 0 Å². The van der Waals surface area contributed by atoms with Crippen LogP contribution in [0.1, 0.15) is 26.7 Å². The van der Waals surface area contributed by atoms with Crippen LogP contribution in [0.2, 0.25) is 0 Å². The van der Waals surface area contributed by atoms with Crippen LogP contribution < -0.4 is 5.32 Å². The van der Waals surface area contributed by atoms with E-state index in [-0.39, 0.29) is 6.61 Å². The van der Waals surface area contributed by atoms with Gasteiger partial charge < -0.3 is 15.2 Å². The summed E-state index contributed by atoms with van der Waals surface area (Å²) in [4.78, 5) is 0. The fourth-order valence-corrected chi connectivity index (χ4v) is 1.08. The summed E-state index contributed by atoms with van der Waals surface area (Å²) in [6, 6.07) is 0.614. The summed E-state index contributed by atoms with van der Waals surface area (Å²) in [7, 11) is 0. The lowest BCUT2D eigenvalue weighted by molar-refractivity contribution is 0.0924. The maximum atomic E-state index is 8.42. The van der Waals surface area contributed by atoms with Crippen molar-refractivity contribution in [2.75, 3.05) is 26.4 Å². The zero-order chi connectivity index (χ0) is 9.23. The summed E-state index contributed by atoms with van der Waals surface area (Å²) in [6.07, 6.45) is 2.33. The molecular weight excluding hydrogens is 154 g/mol. The molecule has 0 saturated heterocycles. The minimum atomic E-state index is 0.116. The van der Waals surface area contributed by atoms with Gasteiger partial charge in [0.05, 0.1) is 19.8 Å². The van der Waals surface area contributed by atoms with E-state index in [4.69, 9.17) is 9.84 Å². The van der Waals surface area contributed by atoms with Crippen LogP contribution in [0.5, 0.6) is 0 Å². The van der Waals surface area contributed by atoms with Gasteiger partial charge in [-0.3, -0.25) is 0 Å². The Balaban J connectivity index is 3.06. The highest BCUT2D eigenvalue weighted by Gasteiger charge is 1.99. The zero-order valence-corrected chi connectivity index (χ0v) is 8.18. The van der Waals surface area contributed by atoms with Gasteiger partial charge in [-0.1, -0.05) is 13.8 Å². The Kier molecular flexibility index (Phi) is 8.88. The van der Waals surface area contributed by atoms with Crippen molar-refractivity contribution in [2.45, 2.75) is 32.7 Å².